The van der Waals surface area contributed by atoms with Crippen LogP contribution in [-0.4, -0.2) is 38.9 Å². The van der Waals surface area contributed by atoms with Gasteiger partial charge in [-0.1, -0.05) is 17.7 Å². The molecule has 0 radical (unpaired) electrons. The molecular formula is C11H16ClN3O2S. The minimum absolute atomic E-state index is 0.411. The quantitative estimate of drug-likeness (QED) is 0.879. The maximum absolute atomic E-state index is 12.1. The van der Waals surface area contributed by atoms with Crippen LogP contribution >= 0.6 is 11.6 Å². The van der Waals surface area contributed by atoms with Crippen LogP contribution < -0.4 is 10.0 Å². The van der Waals surface area contributed by atoms with Crippen LogP contribution in [-0.2, 0) is 10.2 Å². The Morgan fingerprint density at radius 2 is 2.00 bits per heavy atom. The Bertz CT molecular complexity index is 527. The second kappa shape index (κ2) is 5.44. The lowest BCUT2D eigenvalue weighted by Crippen LogP contribution is -2.48. The van der Waals surface area contributed by atoms with E-state index in [1.54, 1.807) is 12.1 Å². The van der Waals surface area contributed by atoms with Crippen molar-refractivity contribution in [2.24, 2.45) is 0 Å². The SMILES string of the molecule is Cc1ccc(NS(=O)(=O)N2CCNCC2)c(Cl)c1. The van der Waals surface area contributed by atoms with E-state index in [1.807, 2.05) is 13.0 Å². The molecule has 18 heavy (non-hydrogen) atoms. The number of hydrogen-bond donors (Lipinski definition) is 2. The van der Waals surface area contributed by atoms with Gasteiger partial charge in [0.25, 0.3) is 0 Å². The highest BCUT2D eigenvalue weighted by atomic mass is 35.5. The number of nitrogens with zero attached hydrogens (tertiary/aromatic N) is 1. The third kappa shape index (κ3) is 3.14. The molecule has 0 atom stereocenters. The Morgan fingerprint density at radius 1 is 1.33 bits per heavy atom. The lowest BCUT2D eigenvalue weighted by Gasteiger charge is -2.27. The largest absolute Gasteiger partial charge is 0.314 e. The van der Waals surface area contributed by atoms with Crippen molar-refractivity contribution in [3.8, 4) is 0 Å². The highest BCUT2D eigenvalue weighted by Gasteiger charge is 2.24. The molecule has 1 fully saturated rings. The van der Waals surface area contributed by atoms with E-state index in [1.165, 1.54) is 4.31 Å². The molecule has 5 nitrogen and oxygen atoms in total. The average molecular weight is 290 g/mol. The summed E-state index contributed by atoms with van der Waals surface area (Å²) in [6.45, 7) is 4.18. The third-order valence-electron chi connectivity index (χ3n) is 2.78. The van der Waals surface area contributed by atoms with E-state index < -0.39 is 10.2 Å². The van der Waals surface area contributed by atoms with Gasteiger partial charge in [0, 0.05) is 26.2 Å². The van der Waals surface area contributed by atoms with E-state index in [0.29, 0.717) is 36.9 Å². The van der Waals surface area contributed by atoms with E-state index in [-0.39, 0.29) is 0 Å². The summed E-state index contributed by atoms with van der Waals surface area (Å²) in [5.74, 6) is 0. The van der Waals surface area contributed by atoms with Crippen molar-refractivity contribution in [2.75, 3.05) is 30.9 Å². The fourth-order valence-electron chi connectivity index (χ4n) is 1.79. The molecule has 1 aliphatic rings. The van der Waals surface area contributed by atoms with Gasteiger partial charge in [0.1, 0.15) is 0 Å². The second-order valence-electron chi connectivity index (χ2n) is 4.24. The highest BCUT2D eigenvalue weighted by molar-refractivity contribution is 7.90. The molecule has 0 bridgehead atoms. The van der Waals surface area contributed by atoms with Crippen LogP contribution in [0.25, 0.3) is 0 Å². The lowest BCUT2D eigenvalue weighted by atomic mass is 10.2. The van der Waals surface area contributed by atoms with Crippen LogP contribution in [0.5, 0.6) is 0 Å². The van der Waals surface area contributed by atoms with Crippen LogP contribution in [0.1, 0.15) is 5.56 Å². The minimum atomic E-state index is -3.51. The van der Waals surface area contributed by atoms with E-state index in [4.69, 9.17) is 11.6 Å². The van der Waals surface area contributed by atoms with Gasteiger partial charge in [0.2, 0.25) is 0 Å². The first-order chi connectivity index (χ1) is 8.49. The molecule has 100 valence electrons. The van der Waals surface area contributed by atoms with Gasteiger partial charge >= 0.3 is 10.2 Å². The molecule has 0 amide bonds. The van der Waals surface area contributed by atoms with Gasteiger partial charge in [-0.2, -0.15) is 12.7 Å². The fraction of sp³-hybridized carbons (Fsp3) is 0.455. The molecule has 0 unspecified atom stereocenters. The van der Waals surface area contributed by atoms with Crippen LogP contribution in [0.2, 0.25) is 5.02 Å². The molecule has 0 aromatic heterocycles. The Morgan fingerprint density at radius 3 is 2.61 bits per heavy atom. The number of rotatable bonds is 3. The first-order valence-electron chi connectivity index (χ1n) is 5.74. The van der Waals surface area contributed by atoms with Crippen LogP contribution in [0, 0.1) is 6.92 Å². The molecule has 0 saturated carbocycles. The third-order valence-corrected chi connectivity index (χ3v) is 4.61. The number of hydrogen-bond acceptors (Lipinski definition) is 3. The van der Waals surface area contributed by atoms with E-state index in [0.717, 1.165) is 5.56 Å². The second-order valence-corrected chi connectivity index (χ2v) is 6.32. The molecule has 1 aliphatic heterocycles. The molecule has 1 heterocycles. The van der Waals surface area contributed by atoms with Crippen molar-refractivity contribution in [2.45, 2.75) is 6.92 Å². The average Bonchev–Trinajstić information content (AvgIpc) is 2.34. The summed E-state index contributed by atoms with van der Waals surface area (Å²) in [7, 11) is -3.51. The number of anilines is 1. The zero-order chi connectivity index (χ0) is 13.2. The summed E-state index contributed by atoms with van der Waals surface area (Å²) in [6, 6.07) is 5.23. The number of aryl methyl sites for hydroxylation is 1. The van der Waals surface area contributed by atoms with Gasteiger partial charge in [-0.15, -0.1) is 0 Å². The zero-order valence-electron chi connectivity index (χ0n) is 10.1. The molecule has 2 rings (SSSR count). The maximum Gasteiger partial charge on any atom is 0.301 e. The van der Waals surface area contributed by atoms with Crippen molar-refractivity contribution in [1.82, 2.24) is 9.62 Å². The van der Waals surface area contributed by atoms with Crippen molar-refractivity contribution < 1.29 is 8.42 Å². The van der Waals surface area contributed by atoms with E-state index in [2.05, 4.69) is 10.0 Å². The first-order valence-corrected chi connectivity index (χ1v) is 7.55. The van der Waals surface area contributed by atoms with Crippen molar-refractivity contribution in [3.05, 3.63) is 28.8 Å². The summed E-state index contributed by atoms with van der Waals surface area (Å²) < 4.78 is 28.2. The van der Waals surface area contributed by atoms with Crippen molar-refractivity contribution >= 4 is 27.5 Å². The molecule has 1 aromatic carbocycles. The molecule has 1 saturated heterocycles. The van der Waals surface area contributed by atoms with Gasteiger partial charge in [-0.3, -0.25) is 4.72 Å². The standard InChI is InChI=1S/C11H16ClN3O2S/c1-9-2-3-11(10(12)8-9)14-18(16,17)15-6-4-13-5-7-15/h2-3,8,13-14H,4-7H2,1H3. The Labute approximate surface area is 112 Å². The maximum atomic E-state index is 12.1. The predicted octanol–water partition coefficient (Wildman–Crippen LogP) is 1.21. The minimum Gasteiger partial charge on any atom is -0.314 e. The monoisotopic (exact) mass is 289 g/mol. The van der Waals surface area contributed by atoms with Crippen molar-refractivity contribution in [3.63, 3.8) is 0 Å². The first kappa shape index (κ1) is 13.6. The molecule has 7 heteroatoms. The topological polar surface area (TPSA) is 61.4 Å². The summed E-state index contributed by atoms with van der Waals surface area (Å²) in [4.78, 5) is 0. The van der Waals surface area contributed by atoms with Crippen molar-refractivity contribution in [1.29, 1.82) is 0 Å². The fourth-order valence-corrected chi connectivity index (χ4v) is 3.38. The summed E-state index contributed by atoms with van der Waals surface area (Å²) in [5, 5.41) is 3.52. The molecule has 2 N–H and O–H groups in total. The zero-order valence-corrected chi connectivity index (χ0v) is 11.7. The van der Waals surface area contributed by atoms with E-state index >= 15 is 0 Å². The van der Waals surface area contributed by atoms with Gasteiger partial charge < -0.3 is 5.32 Å². The van der Waals surface area contributed by atoms with Gasteiger partial charge in [0.15, 0.2) is 0 Å². The molecule has 0 aliphatic carbocycles. The summed E-state index contributed by atoms with van der Waals surface area (Å²) >= 11 is 6.02. The van der Waals surface area contributed by atoms with Crippen LogP contribution in [0.15, 0.2) is 18.2 Å². The molecular weight excluding hydrogens is 274 g/mol. The van der Waals surface area contributed by atoms with Gasteiger partial charge in [-0.05, 0) is 24.6 Å². The smallest absolute Gasteiger partial charge is 0.301 e. The molecule has 0 spiro atoms. The van der Waals surface area contributed by atoms with Gasteiger partial charge in [0.05, 0.1) is 10.7 Å². The van der Waals surface area contributed by atoms with Crippen LogP contribution in [0.4, 0.5) is 5.69 Å². The van der Waals surface area contributed by atoms with E-state index in [9.17, 15) is 8.42 Å². The predicted molar refractivity (Wildman–Crippen MR) is 73.2 cm³/mol. The Kier molecular flexibility index (Phi) is 4.11. The summed E-state index contributed by atoms with van der Waals surface area (Å²) in [6.07, 6.45) is 0. The Balaban J connectivity index is 2.16. The number of benzene rings is 1. The van der Waals surface area contributed by atoms with Crippen LogP contribution in [0.3, 0.4) is 0 Å². The molecule has 1 aromatic rings. The lowest BCUT2D eigenvalue weighted by molar-refractivity contribution is 0.362. The number of nitrogens with one attached hydrogen (secondary N) is 2. The summed E-state index contributed by atoms with van der Waals surface area (Å²) in [5.41, 5.74) is 1.41. The number of halogens is 1. The highest BCUT2D eigenvalue weighted by Crippen LogP contribution is 2.24. The van der Waals surface area contributed by atoms with Gasteiger partial charge in [-0.25, -0.2) is 0 Å². The Hall–Kier alpha value is -0.820. The normalized spacial score (nSPS) is 17.7. The number of piperazine rings is 1.